The van der Waals surface area contributed by atoms with E-state index in [2.05, 4.69) is 14.9 Å². The highest BCUT2D eigenvalue weighted by Crippen LogP contribution is 2.29. The molecule has 5 nitrogen and oxygen atoms in total. The van der Waals surface area contributed by atoms with Gasteiger partial charge < -0.3 is 10.0 Å². The number of aliphatic hydroxyl groups excluding tert-OH is 1. The van der Waals surface area contributed by atoms with Gasteiger partial charge in [0.1, 0.15) is 5.69 Å². The van der Waals surface area contributed by atoms with Crippen LogP contribution in [0.1, 0.15) is 17.8 Å². The molecule has 1 aromatic rings. The maximum Gasteiger partial charge on any atom is 0.433 e. The van der Waals surface area contributed by atoms with Crippen molar-refractivity contribution in [2.45, 2.75) is 19.5 Å². The van der Waals surface area contributed by atoms with E-state index in [0.717, 1.165) is 25.7 Å². The van der Waals surface area contributed by atoms with E-state index >= 15 is 0 Å². The molecule has 2 rings (SSSR count). The molecule has 2 heterocycles. The average Bonchev–Trinajstić information content (AvgIpc) is 2.44. The lowest BCUT2D eigenvalue weighted by Crippen LogP contribution is -2.47. The lowest BCUT2D eigenvalue weighted by Gasteiger charge is -2.34. The van der Waals surface area contributed by atoms with Crippen LogP contribution in [0.4, 0.5) is 19.1 Å². The van der Waals surface area contributed by atoms with Gasteiger partial charge >= 0.3 is 6.18 Å². The van der Waals surface area contributed by atoms with Crippen LogP contribution in [0.15, 0.2) is 6.07 Å². The van der Waals surface area contributed by atoms with Gasteiger partial charge in [0, 0.05) is 45.0 Å². The van der Waals surface area contributed by atoms with Gasteiger partial charge in [0.05, 0.1) is 0 Å². The maximum absolute atomic E-state index is 12.8. The van der Waals surface area contributed by atoms with Crippen LogP contribution in [-0.2, 0) is 6.18 Å². The largest absolute Gasteiger partial charge is 0.433 e. The van der Waals surface area contributed by atoms with Crippen molar-refractivity contribution in [3.63, 3.8) is 0 Å². The van der Waals surface area contributed by atoms with Crippen LogP contribution in [0.25, 0.3) is 0 Å². The van der Waals surface area contributed by atoms with Crippen LogP contribution < -0.4 is 4.90 Å². The van der Waals surface area contributed by atoms with Crippen LogP contribution in [0.2, 0.25) is 0 Å². The molecule has 1 saturated heterocycles. The average molecular weight is 304 g/mol. The highest BCUT2D eigenvalue weighted by molar-refractivity contribution is 5.33. The van der Waals surface area contributed by atoms with Gasteiger partial charge in [-0.1, -0.05) is 0 Å². The quantitative estimate of drug-likeness (QED) is 0.909. The second-order valence-corrected chi connectivity index (χ2v) is 5.10. The second kappa shape index (κ2) is 6.57. The second-order valence-electron chi connectivity index (χ2n) is 5.10. The number of anilines is 1. The standard InChI is InChI=1S/C13H19F3N4O/c1-10-9-11(13(14,15)16)18-12(17-10)20-6-4-19(5-7-20)3-2-8-21/h9,21H,2-8H2,1H3. The summed E-state index contributed by atoms with van der Waals surface area (Å²) >= 11 is 0. The maximum atomic E-state index is 12.8. The Balaban J connectivity index is 2.05. The Labute approximate surface area is 121 Å². The molecule has 1 aliphatic rings. The molecule has 0 aliphatic carbocycles. The predicted molar refractivity (Wildman–Crippen MR) is 72.1 cm³/mol. The van der Waals surface area contributed by atoms with Crippen molar-refractivity contribution in [1.82, 2.24) is 14.9 Å². The van der Waals surface area contributed by atoms with Gasteiger partial charge in [-0.2, -0.15) is 13.2 Å². The van der Waals surface area contributed by atoms with E-state index in [-0.39, 0.29) is 12.6 Å². The van der Waals surface area contributed by atoms with Gasteiger partial charge in [-0.05, 0) is 19.4 Å². The third-order valence-corrected chi connectivity index (χ3v) is 3.42. The van der Waals surface area contributed by atoms with Crippen molar-refractivity contribution < 1.29 is 18.3 Å². The highest BCUT2D eigenvalue weighted by Gasteiger charge is 2.34. The van der Waals surface area contributed by atoms with Crippen LogP contribution in [0, 0.1) is 6.92 Å². The first-order chi connectivity index (χ1) is 9.90. The number of hydrogen-bond donors (Lipinski definition) is 1. The number of nitrogens with zero attached hydrogens (tertiary/aromatic N) is 4. The number of rotatable bonds is 4. The molecule has 0 atom stereocenters. The molecule has 1 aromatic heterocycles. The third-order valence-electron chi connectivity index (χ3n) is 3.42. The molecule has 1 fully saturated rings. The fraction of sp³-hybridized carbons (Fsp3) is 0.692. The number of piperazine rings is 1. The Bertz CT molecular complexity index is 473. The fourth-order valence-corrected chi connectivity index (χ4v) is 2.31. The molecule has 0 bridgehead atoms. The molecular weight excluding hydrogens is 285 g/mol. The first kappa shape index (κ1) is 16.0. The van der Waals surface area contributed by atoms with Gasteiger partial charge in [0.25, 0.3) is 0 Å². The molecule has 0 radical (unpaired) electrons. The summed E-state index contributed by atoms with van der Waals surface area (Å²) in [5.74, 6) is 0.143. The molecule has 0 spiro atoms. The molecule has 118 valence electrons. The minimum atomic E-state index is -4.45. The van der Waals surface area contributed by atoms with Crippen LogP contribution >= 0.6 is 0 Å². The summed E-state index contributed by atoms with van der Waals surface area (Å²) in [5, 5.41) is 8.80. The number of aryl methyl sites for hydroxylation is 1. The van der Waals surface area contributed by atoms with Crippen molar-refractivity contribution in [1.29, 1.82) is 0 Å². The molecule has 0 amide bonds. The van der Waals surface area contributed by atoms with Gasteiger partial charge in [0.15, 0.2) is 0 Å². The Morgan fingerprint density at radius 3 is 2.43 bits per heavy atom. The molecule has 0 aromatic carbocycles. The van der Waals surface area contributed by atoms with Crippen LogP contribution in [-0.4, -0.2) is 59.3 Å². The summed E-state index contributed by atoms with van der Waals surface area (Å²) in [7, 11) is 0. The third kappa shape index (κ3) is 4.28. The predicted octanol–water partition coefficient (Wildman–Crippen LogP) is 1.31. The lowest BCUT2D eigenvalue weighted by atomic mass is 10.3. The van der Waals surface area contributed by atoms with Crippen molar-refractivity contribution in [3.8, 4) is 0 Å². The fourth-order valence-electron chi connectivity index (χ4n) is 2.31. The smallest absolute Gasteiger partial charge is 0.396 e. The van der Waals surface area contributed by atoms with Crippen molar-refractivity contribution in [2.75, 3.05) is 44.2 Å². The van der Waals surface area contributed by atoms with Gasteiger partial charge in [-0.15, -0.1) is 0 Å². The van der Waals surface area contributed by atoms with E-state index in [4.69, 9.17) is 5.11 Å². The Kier molecular flexibility index (Phi) is 5.00. The van der Waals surface area contributed by atoms with Crippen LogP contribution in [0.3, 0.4) is 0 Å². The number of aliphatic hydroxyl groups is 1. The van der Waals surface area contributed by atoms with Gasteiger partial charge in [0.2, 0.25) is 5.95 Å². The monoisotopic (exact) mass is 304 g/mol. The van der Waals surface area contributed by atoms with E-state index in [1.165, 1.54) is 6.92 Å². The number of halogens is 3. The van der Waals surface area contributed by atoms with E-state index in [1.807, 2.05) is 0 Å². The topological polar surface area (TPSA) is 52.5 Å². The number of alkyl halides is 3. The summed E-state index contributed by atoms with van der Waals surface area (Å²) in [5.41, 5.74) is -0.581. The summed E-state index contributed by atoms with van der Waals surface area (Å²) in [6.07, 6.45) is -3.75. The lowest BCUT2D eigenvalue weighted by molar-refractivity contribution is -0.141. The highest BCUT2D eigenvalue weighted by atomic mass is 19.4. The Hall–Kier alpha value is -1.41. The first-order valence-corrected chi connectivity index (χ1v) is 6.91. The van der Waals surface area contributed by atoms with Crippen molar-refractivity contribution in [2.24, 2.45) is 0 Å². The van der Waals surface area contributed by atoms with Gasteiger partial charge in [-0.3, -0.25) is 4.90 Å². The molecule has 0 saturated carbocycles. The minimum absolute atomic E-state index is 0.143. The molecule has 1 N–H and O–H groups in total. The SMILES string of the molecule is Cc1cc(C(F)(F)F)nc(N2CCN(CCCO)CC2)n1. The molecule has 21 heavy (non-hydrogen) atoms. The van der Waals surface area contributed by atoms with Gasteiger partial charge in [-0.25, -0.2) is 9.97 Å². The normalized spacial score (nSPS) is 17.3. The van der Waals surface area contributed by atoms with E-state index in [0.29, 0.717) is 25.2 Å². The van der Waals surface area contributed by atoms with Crippen molar-refractivity contribution >= 4 is 5.95 Å². The molecule has 0 unspecified atom stereocenters. The summed E-state index contributed by atoms with van der Waals surface area (Å²) in [4.78, 5) is 11.7. The molecular formula is C13H19F3N4O. The summed E-state index contributed by atoms with van der Waals surface area (Å²) in [6, 6.07) is 0.959. The van der Waals surface area contributed by atoms with E-state index in [1.54, 1.807) is 4.90 Å². The Morgan fingerprint density at radius 2 is 1.86 bits per heavy atom. The zero-order valence-electron chi connectivity index (χ0n) is 11.9. The van der Waals surface area contributed by atoms with E-state index in [9.17, 15) is 13.2 Å². The minimum Gasteiger partial charge on any atom is -0.396 e. The summed E-state index contributed by atoms with van der Waals surface area (Å²) < 4.78 is 38.3. The molecule has 8 heteroatoms. The Morgan fingerprint density at radius 1 is 1.19 bits per heavy atom. The van der Waals surface area contributed by atoms with Crippen LogP contribution in [0.5, 0.6) is 0 Å². The zero-order valence-corrected chi connectivity index (χ0v) is 11.9. The first-order valence-electron chi connectivity index (χ1n) is 6.91. The number of aromatic nitrogens is 2. The number of hydrogen-bond acceptors (Lipinski definition) is 5. The van der Waals surface area contributed by atoms with Crippen molar-refractivity contribution in [3.05, 3.63) is 17.5 Å². The zero-order chi connectivity index (χ0) is 15.5. The molecule has 1 aliphatic heterocycles. The summed E-state index contributed by atoms with van der Waals surface area (Å²) in [6.45, 7) is 5.14. The van der Waals surface area contributed by atoms with E-state index < -0.39 is 11.9 Å².